The van der Waals surface area contributed by atoms with Crippen LogP contribution in [0, 0.1) is 11.3 Å². The second-order valence-electron chi connectivity index (χ2n) is 8.98. The van der Waals surface area contributed by atoms with Crippen LogP contribution >= 0.6 is 0 Å². The maximum absolute atomic E-state index is 12.7. The van der Waals surface area contributed by atoms with Crippen LogP contribution in [0.3, 0.4) is 0 Å². The zero-order valence-electron chi connectivity index (χ0n) is 19.1. The van der Waals surface area contributed by atoms with E-state index in [-0.39, 0.29) is 23.0 Å². The Hall–Kier alpha value is -2.73. The van der Waals surface area contributed by atoms with Crippen molar-refractivity contribution in [2.75, 3.05) is 33.4 Å². The summed E-state index contributed by atoms with van der Waals surface area (Å²) >= 11 is 0. The van der Waals surface area contributed by atoms with Crippen molar-refractivity contribution in [3.05, 3.63) is 53.6 Å². The van der Waals surface area contributed by atoms with Crippen LogP contribution in [-0.2, 0) is 17.8 Å². The van der Waals surface area contributed by atoms with E-state index >= 15 is 0 Å². The van der Waals surface area contributed by atoms with Crippen LogP contribution in [0.2, 0.25) is 0 Å². The van der Waals surface area contributed by atoms with Gasteiger partial charge in [-0.15, -0.1) is 0 Å². The quantitative estimate of drug-likeness (QED) is 0.624. The Morgan fingerprint density at radius 1 is 1.22 bits per heavy atom. The average Bonchev–Trinajstić information content (AvgIpc) is 3.52. The molecular formula is C26H34N2O4. The van der Waals surface area contributed by atoms with E-state index in [1.54, 1.807) is 13.2 Å². The fourth-order valence-corrected chi connectivity index (χ4v) is 4.92. The molecule has 32 heavy (non-hydrogen) atoms. The number of methoxy groups -OCH3 is 1. The molecule has 4 rings (SSSR count). The van der Waals surface area contributed by atoms with Crippen LogP contribution in [0.25, 0.3) is 0 Å². The normalized spacial score (nSPS) is 19.5. The summed E-state index contributed by atoms with van der Waals surface area (Å²) in [5.74, 6) is 1.98. The number of hydrogen-bond donors (Lipinski definition) is 2. The van der Waals surface area contributed by atoms with Crippen molar-refractivity contribution in [2.24, 2.45) is 11.3 Å². The summed E-state index contributed by atoms with van der Waals surface area (Å²) in [5.41, 5.74) is 2.24. The zero-order chi connectivity index (χ0) is 22.6. The summed E-state index contributed by atoms with van der Waals surface area (Å²) in [7, 11) is 1.67. The van der Waals surface area contributed by atoms with Crippen LogP contribution in [0.15, 0.2) is 42.5 Å². The number of nitrogens with zero attached hydrogens (tertiary/aromatic N) is 1. The molecular weight excluding hydrogens is 404 g/mol. The number of ether oxygens (including phenoxy) is 2. The van der Waals surface area contributed by atoms with Crippen LogP contribution in [-0.4, -0.2) is 49.3 Å². The first-order chi connectivity index (χ1) is 15.5. The number of para-hydroxylation sites is 1. The van der Waals surface area contributed by atoms with E-state index in [0.29, 0.717) is 25.4 Å². The van der Waals surface area contributed by atoms with Gasteiger partial charge in [-0.25, -0.2) is 0 Å². The number of rotatable bonds is 9. The van der Waals surface area contributed by atoms with Gasteiger partial charge < -0.3 is 19.9 Å². The number of hydrogen-bond acceptors (Lipinski definition) is 5. The highest BCUT2D eigenvalue weighted by Gasteiger charge is 2.58. The molecule has 1 amide bonds. The predicted octanol–water partition coefficient (Wildman–Crippen LogP) is 3.76. The van der Waals surface area contributed by atoms with Gasteiger partial charge in [0, 0.05) is 24.6 Å². The molecule has 0 radical (unpaired) electrons. The largest absolute Gasteiger partial charge is 0.504 e. The number of amides is 1. The Balaban J connectivity index is 1.22. The molecule has 1 aliphatic carbocycles. The van der Waals surface area contributed by atoms with Gasteiger partial charge in [0.1, 0.15) is 5.75 Å². The van der Waals surface area contributed by atoms with Gasteiger partial charge >= 0.3 is 0 Å². The number of benzene rings is 2. The summed E-state index contributed by atoms with van der Waals surface area (Å²) in [4.78, 5) is 15.1. The van der Waals surface area contributed by atoms with Crippen LogP contribution in [0.4, 0.5) is 0 Å². The molecule has 0 bridgehead atoms. The second-order valence-corrected chi connectivity index (χ2v) is 8.98. The lowest BCUT2D eigenvalue weighted by Gasteiger charge is -2.33. The van der Waals surface area contributed by atoms with Gasteiger partial charge in [0.15, 0.2) is 11.5 Å². The van der Waals surface area contributed by atoms with Crippen molar-refractivity contribution in [1.29, 1.82) is 0 Å². The van der Waals surface area contributed by atoms with Crippen LogP contribution in [0.5, 0.6) is 17.2 Å². The molecule has 1 saturated carbocycles. The number of phenolic OH excluding ortho intramolecular Hbond substituents is 1. The van der Waals surface area contributed by atoms with E-state index in [1.165, 1.54) is 5.56 Å². The monoisotopic (exact) mass is 438 g/mol. The molecule has 2 aliphatic rings. The van der Waals surface area contributed by atoms with Crippen molar-refractivity contribution < 1.29 is 19.4 Å². The topological polar surface area (TPSA) is 71.0 Å². The lowest BCUT2D eigenvalue weighted by molar-refractivity contribution is -0.123. The van der Waals surface area contributed by atoms with Gasteiger partial charge in [0.25, 0.3) is 0 Å². The van der Waals surface area contributed by atoms with Gasteiger partial charge in [-0.2, -0.15) is 0 Å². The minimum atomic E-state index is 0.143. The van der Waals surface area contributed by atoms with Crippen LogP contribution in [0.1, 0.15) is 37.3 Å². The molecule has 6 nitrogen and oxygen atoms in total. The first kappa shape index (κ1) is 22.5. The van der Waals surface area contributed by atoms with Crippen molar-refractivity contribution >= 4 is 5.91 Å². The number of carbonyl (C=O) groups is 1. The fraction of sp³-hybridized carbons (Fsp3) is 0.500. The lowest BCUT2D eigenvalue weighted by Crippen LogP contribution is -2.37. The summed E-state index contributed by atoms with van der Waals surface area (Å²) < 4.78 is 10.8. The van der Waals surface area contributed by atoms with Gasteiger partial charge in [0.05, 0.1) is 13.7 Å². The highest BCUT2D eigenvalue weighted by molar-refractivity contribution is 5.82. The molecule has 2 fully saturated rings. The molecule has 0 aromatic heterocycles. The maximum Gasteiger partial charge on any atom is 0.223 e. The van der Waals surface area contributed by atoms with Gasteiger partial charge in [0.2, 0.25) is 5.91 Å². The highest BCUT2D eigenvalue weighted by atomic mass is 16.5. The van der Waals surface area contributed by atoms with Crippen LogP contribution < -0.4 is 14.8 Å². The second kappa shape index (κ2) is 9.82. The van der Waals surface area contributed by atoms with E-state index < -0.39 is 0 Å². The predicted molar refractivity (Wildman–Crippen MR) is 124 cm³/mol. The molecule has 0 unspecified atom stereocenters. The molecule has 2 aromatic carbocycles. The molecule has 1 spiro atoms. The highest BCUT2D eigenvalue weighted by Crippen LogP contribution is 2.59. The molecule has 172 valence electrons. The van der Waals surface area contributed by atoms with Gasteiger partial charge in [-0.05, 0) is 74.9 Å². The number of phenols is 1. The smallest absolute Gasteiger partial charge is 0.223 e. The third kappa shape index (κ3) is 5.01. The summed E-state index contributed by atoms with van der Waals surface area (Å²) in [6.07, 6.45) is 3.87. The number of nitrogens with one attached hydrogen (secondary N) is 1. The Morgan fingerprint density at radius 3 is 2.75 bits per heavy atom. The molecule has 1 saturated heterocycles. The standard InChI is InChI=1S/C26H34N2O4/c1-3-32-23-9-5-7-20(24(23)29)18-28-14-11-26(12-15-28)17-22(26)25(30)27-13-10-19-6-4-8-21(16-19)31-2/h4-9,16,22,29H,3,10-15,17-18H2,1-2H3,(H,27,30)/t22-/m1/s1. The Kier molecular flexibility index (Phi) is 6.89. The third-order valence-corrected chi connectivity index (χ3v) is 6.98. The Labute approximate surface area is 190 Å². The van der Waals surface area contributed by atoms with Crippen molar-refractivity contribution in [3.8, 4) is 17.2 Å². The van der Waals surface area contributed by atoms with E-state index in [2.05, 4.69) is 16.3 Å². The molecule has 1 aliphatic heterocycles. The number of likely N-dealkylation sites (tertiary alicyclic amines) is 1. The van der Waals surface area contributed by atoms with E-state index in [4.69, 9.17) is 9.47 Å². The summed E-state index contributed by atoms with van der Waals surface area (Å²) in [6, 6.07) is 13.7. The minimum Gasteiger partial charge on any atom is -0.504 e. The maximum atomic E-state index is 12.7. The van der Waals surface area contributed by atoms with E-state index in [0.717, 1.165) is 50.1 Å². The number of piperidine rings is 1. The fourth-order valence-electron chi connectivity index (χ4n) is 4.92. The minimum absolute atomic E-state index is 0.143. The van der Waals surface area contributed by atoms with Crippen molar-refractivity contribution in [2.45, 2.75) is 39.2 Å². The Morgan fingerprint density at radius 2 is 2.00 bits per heavy atom. The molecule has 1 atom stereocenters. The van der Waals surface area contributed by atoms with Gasteiger partial charge in [-0.3, -0.25) is 9.69 Å². The van der Waals surface area contributed by atoms with Crippen molar-refractivity contribution in [3.63, 3.8) is 0 Å². The number of carbonyl (C=O) groups excluding carboxylic acids is 1. The third-order valence-electron chi connectivity index (χ3n) is 6.98. The number of aromatic hydroxyl groups is 1. The first-order valence-corrected chi connectivity index (χ1v) is 11.6. The molecule has 2 N–H and O–H groups in total. The molecule has 6 heteroatoms. The van der Waals surface area contributed by atoms with Gasteiger partial charge in [-0.1, -0.05) is 24.3 Å². The SMILES string of the molecule is CCOc1cccc(CN2CCC3(CC2)C[C@@H]3C(=O)NCCc2cccc(OC)c2)c1O. The molecule has 2 aromatic rings. The first-order valence-electron chi connectivity index (χ1n) is 11.6. The lowest BCUT2D eigenvalue weighted by atomic mass is 9.90. The Bertz CT molecular complexity index is 937. The van der Waals surface area contributed by atoms with Crippen molar-refractivity contribution in [1.82, 2.24) is 10.2 Å². The molecule has 1 heterocycles. The van der Waals surface area contributed by atoms with E-state index in [1.807, 2.05) is 37.3 Å². The summed E-state index contributed by atoms with van der Waals surface area (Å²) in [6.45, 7) is 5.71. The zero-order valence-corrected chi connectivity index (χ0v) is 19.1. The summed E-state index contributed by atoms with van der Waals surface area (Å²) in [5, 5.41) is 13.6. The average molecular weight is 439 g/mol. The van der Waals surface area contributed by atoms with E-state index in [9.17, 15) is 9.90 Å².